The van der Waals surface area contributed by atoms with Gasteiger partial charge >= 0.3 is 5.97 Å². The first kappa shape index (κ1) is 21.5. The lowest BCUT2D eigenvalue weighted by molar-refractivity contribution is -0.117. The lowest BCUT2D eigenvalue weighted by Crippen LogP contribution is -2.38. The number of anilines is 1. The van der Waals surface area contributed by atoms with E-state index in [0.717, 1.165) is 40.7 Å². The van der Waals surface area contributed by atoms with Gasteiger partial charge in [-0.1, -0.05) is 44.2 Å². The van der Waals surface area contributed by atoms with E-state index in [1.54, 1.807) is 0 Å². The summed E-state index contributed by atoms with van der Waals surface area (Å²) in [5.74, 6) is -0.444. The first-order chi connectivity index (χ1) is 14.9. The van der Waals surface area contributed by atoms with Gasteiger partial charge in [-0.3, -0.25) is 9.69 Å². The highest BCUT2D eigenvalue weighted by atomic mass is 32.1. The van der Waals surface area contributed by atoms with Crippen molar-refractivity contribution < 1.29 is 14.7 Å². The number of rotatable bonds is 7. The number of thiophene rings is 1. The van der Waals surface area contributed by atoms with Crippen LogP contribution in [0.4, 0.5) is 5.69 Å². The van der Waals surface area contributed by atoms with E-state index in [9.17, 15) is 14.7 Å². The fourth-order valence-corrected chi connectivity index (χ4v) is 5.45. The summed E-state index contributed by atoms with van der Waals surface area (Å²) >= 11 is 1.34. The number of likely N-dealkylation sites (tertiary alicyclic amines) is 1. The Hall–Kier alpha value is -2.70. The van der Waals surface area contributed by atoms with Crippen molar-refractivity contribution in [3.8, 4) is 0 Å². The standard InChI is InChI=1S/C25H28N2O3S/c1-16(2)17-9-11-18(12-10-17)26-23(28)15-27-13-5-6-19(27)14-21-20-7-3-4-8-22(20)31-24(21)25(29)30/h3-4,7-12,16,19H,5-6,13-15H2,1-2H3,(H,26,28)(H,29,30). The molecule has 6 heteroatoms. The number of amides is 1. The first-order valence-electron chi connectivity index (χ1n) is 10.8. The minimum atomic E-state index is -0.872. The molecule has 1 saturated heterocycles. The van der Waals surface area contributed by atoms with Crippen LogP contribution < -0.4 is 5.32 Å². The summed E-state index contributed by atoms with van der Waals surface area (Å²) in [4.78, 5) is 27.1. The molecule has 2 aromatic carbocycles. The highest BCUT2D eigenvalue weighted by Gasteiger charge is 2.29. The number of carboxylic acids is 1. The van der Waals surface area contributed by atoms with E-state index in [4.69, 9.17) is 0 Å². The summed E-state index contributed by atoms with van der Waals surface area (Å²) in [7, 11) is 0. The maximum Gasteiger partial charge on any atom is 0.346 e. The summed E-state index contributed by atoms with van der Waals surface area (Å²) in [6, 6.07) is 16.0. The van der Waals surface area contributed by atoms with Gasteiger partial charge < -0.3 is 10.4 Å². The number of carbonyl (C=O) groups is 2. The molecule has 0 radical (unpaired) electrons. The lowest BCUT2D eigenvalue weighted by atomic mass is 10.0. The molecule has 2 N–H and O–H groups in total. The van der Waals surface area contributed by atoms with E-state index in [1.807, 2.05) is 48.5 Å². The van der Waals surface area contributed by atoms with Crippen LogP contribution in [0.15, 0.2) is 48.5 Å². The highest BCUT2D eigenvalue weighted by Crippen LogP contribution is 2.34. The number of carboxylic acid groups (broad SMARTS) is 1. The lowest BCUT2D eigenvalue weighted by Gasteiger charge is -2.24. The number of nitrogens with one attached hydrogen (secondary N) is 1. The number of fused-ring (bicyclic) bond motifs is 1. The number of aromatic carboxylic acids is 1. The summed E-state index contributed by atoms with van der Waals surface area (Å²) < 4.78 is 1.00. The van der Waals surface area contributed by atoms with Crippen molar-refractivity contribution >= 4 is 39.0 Å². The van der Waals surface area contributed by atoms with Gasteiger partial charge in [0.05, 0.1) is 6.54 Å². The Morgan fingerprint density at radius 2 is 1.90 bits per heavy atom. The molecule has 1 amide bonds. The number of hydrogen-bond acceptors (Lipinski definition) is 4. The van der Waals surface area contributed by atoms with Gasteiger partial charge in [-0.2, -0.15) is 0 Å². The van der Waals surface area contributed by atoms with Crippen LogP contribution >= 0.6 is 11.3 Å². The van der Waals surface area contributed by atoms with Crippen molar-refractivity contribution in [1.29, 1.82) is 0 Å². The molecule has 1 aliphatic heterocycles. The van der Waals surface area contributed by atoms with Gasteiger partial charge in [-0.25, -0.2) is 4.79 Å². The molecule has 1 atom stereocenters. The second-order valence-electron chi connectivity index (χ2n) is 8.51. The Labute approximate surface area is 186 Å². The third kappa shape index (κ3) is 4.81. The molecule has 0 bridgehead atoms. The quantitative estimate of drug-likeness (QED) is 0.522. The van der Waals surface area contributed by atoms with Crippen molar-refractivity contribution in [2.24, 2.45) is 0 Å². The first-order valence-corrected chi connectivity index (χ1v) is 11.6. The molecule has 0 spiro atoms. The van der Waals surface area contributed by atoms with Crippen molar-refractivity contribution in [3.63, 3.8) is 0 Å². The predicted octanol–water partition coefficient (Wildman–Crippen LogP) is 5.37. The van der Waals surface area contributed by atoms with E-state index in [0.29, 0.717) is 23.8 Å². The van der Waals surface area contributed by atoms with Gasteiger partial charge in [-0.05, 0) is 66.4 Å². The average molecular weight is 437 g/mol. The molecular weight excluding hydrogens is 408 g/mol. The van der Waals surface area contributed by atoms with E-state index in [1.165, 1.54) is 16.9 Å². The Morgan fingerprint density at radius 3 is 2.61 bits per heavy atom. The van der Waals surface area contributed by atoms with Gasteiger partial charge in [0.1, 0.15) is 4.88 Å². The molecule has 2 heterocycles. The maximum atomic E-state index is 12.7. The molecule has 1 fully saturated rings. The largest absolute Gasteiger partial charge is 0.477 e. The molecular formula is C25H28N2O3S. The highest BCUT2D eigenvalue weighted by molar-refractivity contribution is 7.21. The fraction of sp³-hybridized carbons (Fsp3) is 0.360. The summed E-state index contributed by atoms with van der Waals surface area (Å²) in [6.45, 7) is 5.47. The van der Waals surface area contributed by atoms with Gasteiger partial charge in [-0.15, -0.1) is 11.3 Å². The Balaban J connectivity index is 1.45. The van der Waals surface area contributed by atoms with Crippen LogP contribution in [0.3, 0.4) is 0 Å². The van der Waals surface area contributed by atoms with Crippen LogP contribution in [-0.4, -0.2) is 41.0 Å². The van der Waals surface area contributed by atoms with Crippen molar-refractivity contribution in [2.45, 2.75) is 45.1 Å². The maximum absolute atomic E-state index is 12.7. The van der Waals surface area contributed by atoms with E-state index in [-0.39, 0.29) is 11.9 Å². The van der Waals surface area contributed by atoms with Gasteiger partial charge in [0, 0.05) is 16.4 Å². The van der Waals surface area contributed by atoms with Crippen LogP contribution in [0.1, 0.15) is 53.4 Å². The third-order valence-electron chi connectivity index (χ3n) is 6.04. The van der Waals surface area contributed by atoms with Gasteiger partial charge in [0.25, 0.3) is 0 Å². The van der Waals surface area contributed by atoms with E-state index < -0.39 is 5.97 Å². The molecule has 3 aromatic rings. The zero-order valence-corrected chi connectivity index (χ0v) is 18.7. The normalized spacial score (nSPS) is 16.8. The van der Waals surface area contributed by atoms with Gasteiger partial charge in [0.15, 0.2) is 0 Å². The van der Waals surface area contributed by atoms with Crippen LogP contribution in [-0.2, 0) is 11.2 Å². The zero-order chi connectivity index (χ0) is 22.0. The molecule has 1 aromatic heterocycles. The van der Waals surface area contributed by atoms with Crippen molar-refractivity contribution in [2.75, 3.05) is 18.4 Å². The molecule has 0 saturated carbocycles. The molecule has 31 heavy (non-hydrogen) atoms. The Morgan fingerprint density at radius 1 is 1.16 bits per heavy atom. The molecule has 1 unspecified atom stereocenters. The Kier molecular flexibility index (Phi) is 6.39. The van der Waals surface area contributed by atoms with Crippen LogP contribution in [0.5, 0.6) is 0 Å². The fourth-order valence-electron chi connectivity index (χ4n) is 4.38. The SMILES string of the molecule is CC(C)c1ccc(NC(=O)CN2CCCC2Cc2c(C(=O)O)sc3ccccc23)cc1. The number of carbonyl (C=O) groups excluding carboxylic acids is 1. The Bertz CT molecular complexity index is 1090. The number of benzene rings is 2. The smallest absolute Gasteiger partial charge is 0.346 e. The molecule has 4 rings (SSSR count). The van der Waals surface area contributed by atoms with Gasteiger partial charge in [0.2, 0.25) is 5.91 Å². The van der Waals surface area contributed by atoms with Crippen molar-refractivity contribution in [3.05, 3.63) is 64.5 Å². The van der Waals surface area contributed by atoms with Crippen molar-refractivity contribution in [1.82, 2.24) is 4.90 Å². The van der Waals surface area contributed by atoms with Crippen LogP contribution in [0.25, 0.3) is 10.1 Å². The predicted molar refractivity (Wildman–Crippen MR) is 126 cm³/mol. The second-order valence-corrected chi connectivity index (χ2v) is 9.56. The summed E-state index contributed by atoms with van der Waals surface area (Å²) in [5.41, 5.74) is 2.95. The monoisotopic (exact) mass is 436 g/mol. The van der Waals surface area contributed by atoms with E-state index in [2.05, 4.69) is 24.1 Å². The number of hydrogen-bond donors (Lipinski definition) is 2. The van der Waals surface area contributed by atoms with Crippen LogP contribution in [0, 0.1) is 0 Å². The number of nitrogens with zero attached hydrogens (tertiary/aromatic N) is 1. The zero-order valence-electron chi connectivity index (χ0n) is 17.9. The average Bonchev–Trinajstić information content (AvgIpc) is 3.33. The molecule has 1 aliphatic rings. The molecule has 162 valence electrons. The minimum absolute atomic E-state index is 0.0298. The van der Waals surface area contributed by atoms with Crippen LogP contribution in [0.2, 0.25) is 0 Å². The van der Waals surface area contributed by atoms with E-state index >= 15 is 0 Å². The third-order valence-corrected chi connectivity index (χ3v) is 7.24. The minimum Gasteiger partial charge on any atom is -0.477 e. The summed E-state index contributed by atoms with van der Waals surface area (Å²) in [6.07, 6.45) is 2.65. The topological polar surface area (TPSA) is 69.6 Å². The molecule has 5 nitrogen and oxygen atoms in total. The molecule has 0 aliphatic carbocycles. The second kappa shape index (κ2) is 9.20. The summed E-state index contributed by atoms with van der Waals surface area (Å²) in [5, 5.41) is 13.7.